The first-order valence-electron chi connectivity index (χ1n) is 4.28. The van der Waals surface area contributed by atoms with Crippen LogP contribution in [0, 0.1) is 5.41 Å². The number of aliphatic hydroxyl groups is 3. The van der Waals surface area contributed by atoms with Gasteiger partial charge in [0.05, 0.1) is 30.9 Å². The number of ether oxygens (including phenoxy) is 1. The highest BCUT2D eigenvalue weighted by Crippen LogP contribution is 2.43. The van der Waals surface area contributed by atoms with Crippen molar-refractivity contribution in [2.24, 2.45) is 5.41 Å². The second kappa shape index (κ2) is 3.24. The lowest BCUT2D eigenvalue weighted by atomic mass is 9.59. The van der Waals surface area contributed by atoms with Gasteiger partial charge in [-0.05, 0) is 6.92 Å². The fourth-order valence-electron chi connectivity index (χ4n) is 1.71. The van der Waals surface area contributed by atoms with Crippen molar-refractivity contribution in [3.63, 3.8) is 0 Å². The summed E-state index contributed by atoms with van der Waals surface area (Å²) < 4.78 is 5.11. The van der Waals surface area contributed by atoms with Crippen molar-refractivity contribution in [3.05, 3.63) is 0 Å². The molecular formula is C8H15BO4. The van der Waals surface area contributed by atoms with Crippen LogP contribution in [0.25, 0.3) is 0 Å². The molecule has 4 atom stereocenters. The molecule has 2 radical (unpaired) electrons. The topological polar surface area (TPSA) is 69.9 Å². The van der Waals surface area contributed by atoms with Crippen LogP contribution in [0.5, 0.6) is 0 Å². The largest absolute Gasteiger partial charge is 0.397 e. The summed E-state index contributed by atoms with van der Waals surface area (Å²) in [4.78, 5) is 0. The van der Waals surface area contributed by atoms with Gasteiger partial charge in [-0.15, -0.1) is 0 Å². The number of hydrogen-bond acceptors (Lipinski definition) is 4. The van der Waals surface area contributed by atoms with Gasteiger partial charge in [0.1, 0.15) is 7.85 Å². The minimum Gasteiger partial charge on any atom is -0.397 e. The Hall–Kier alpha value is -0.0951. The van der Waals surface area contributed by atoms with Gasteiger partial charge in [-0.3, -0.25) is 0 Å². The normalized spacial score (nSPS) is 47.9. The zero-order valence-corrected chi connectivity index (χ0v) is 7.90. The Morgan fingerprint density at radius 1 is 1.69 bits per heavy atom. The molecule has 3 N–H and O–H groups in total. The van der Waals surface area contributed by atoms with Gasteiger partial charge in [0.25, 0.3) is 0 Å². The predicted octanol–water partition coefficient (Wildman–Crippen LogP) is -1.38. The van der Waals surface area contributed by atoms with Crippen molar-refractivity contribution in [2.75, 3.05) is 13.2 Å². The van der Waals surface area contributed by atoms with E-state index in [1.54, 1.807) is 6.92 Å². The van der Waals surface area contributed by atoms with Crippen molar-refractivity contribution >= 4 is 7.85 Å². The summed E-state index contributed by atoms with van der Waals surface area (Å²) in [6.07, 6.45) is -1.47. The zero-order chi connectivity index (χ0) is 10.3. The highest BCUT2D eigenvalue weighted by Gasteiger charge is 2.57. The summed E-state index contributed by atoms with van der Waals surface area (Å²) >= 11 is 0. The standard InChI is InChI=1S/C8H15BO4/c1-5(11)7(2)6(3-10)13-4-8(7,9)12/h5-6,10-12H,3-4H2,1-2H3/t5-,6?,7+,8+/m0/s1. The summed E-state index contributed by atoms with van der Waals surface area (Å²) in [5.74, 6) is 0. The summed E-state index contributed by atoms with van der Waals surface area (Å²) in [7, 11) is 5.58. The third-order valence-electron chi connectivity index (χ3n) is 3.14. The smallest absolute Gasteiger partial charge is 0.117 e. The molecule has 74 valence electrons. The van der Waals surface area contributed by atoms with Gasteiger partial charge in [0, 0.05) is 5.41 Å². The van der Waals surface area contributed by atoms with E-state index in [9.17, 15) is 10.2 Å². The van der Waals surface area contributed by atoms with Crippen LogP contribution in [0.4, 0.5) is 0 Å². The van der Waals surface area contributed by atoms with Gasteiger partial charge in [-0.1, -0.05) is 6.92 Å². The van der Waals surface area contributed by atoms with Crippen LogP contribution in [-0.4, -0.2) is 54.1 Å². The molecule has 0 amide bonds. The van der Waals surface area contributed by atoms with Gasteiger partial charge in [0.15, 0.2) is 0 Å². The van der Waals surface area contributed by atoms with E-state index in [0.717, 1.165) is 0 Å². The SMILES string of the molecule is [B][C@@]1(O)COC(CO)[C@@]1(C)[C@H](C)O. The van der Waals surface area contributed by atoms with E-state index in [0.29, 0.717) is 0 Å². The van der Waals surface area contributed by atoms with Crippen LogP contribution in [0.1, 0.15) is 13.8 Å². The van der Waals surface area contributed by atoms with Crippen molar-refractivity contribution in [3.8, 4) is 0 Å². The molecule has 1 saturated heterocycles. The summed E-state index contributed by atoms with van der Waals surface area (Å²) in [6, 6.07) is 0. The molecular weight excluding hydrogens is 171 g/mol. The third-order valence-corrected chi connectivity index (χ3v) is 3.14. The van der Waals surface area contributed by atoms with Crippen molar-refractivity contribution in [2.45, 2.75) is 31.6 Å². The molecule has 1 aliphatic rings. The minimum atomic E-state index is -1.59. The molecule has 0 aliphatic carbocycles. The maximum absolute atomic E-state index is 9.77. The summed E-state index contributed by atoms with van der Waals surface area (Å²) in [5.41, 5.74) is -2.61. The van der Waals surface area contributed by atoms with E-state index in [-0.39, 0.29) is 13.2 Å². The van der Waals surface area contributed by atoms with E-state index in [1.807, 2.05) is 0 Å². The lowest BCUT2D eigenvalue weighted by Gasteiger charge is -2.41. The van der Waals surface area contributed by atoms with Gasteiger partial charge in [-0.25, -0.2) is 0 Å². The highest BCUT2D eigenvalue weighted by molar-refractivity contribution is 6.15. The molecule has 1 fully saturated rings. The molecule has 4 nitrogen and oxygen atoms in total. The van der Waals surface area contributed by atoms with Crippen molar-refractivity contribution in [1.29, 1.82) is 0 Å². The Labute approximate surface area is 78.9 Å². The first-order valence-corrected chi connectivity index (χ1v) is 4.28. The van der Waals surface area contributed by atoms with Crippen LogP contribution < -0.4 is 0 Å². The number of rotatable bonds is 2. The average Bonchev–Trinajstić information content (AvgIpc) is 2.25. The van der Waals surface area contributed by atoms with E-state index in [4.69, 9.17) is 17.7 Å². The van der Waals surface area contributed by atoms with Crippen molar-refractivity contribution in [1.82, 2.24) is 0 Å². The predicted molar refractivity (Wildman–Crippen MR) is 47.3 cm³/mol. The average molecular weight is 186 g/mol. The highest BCUT2D eigenvalue weighted by atomic mass is 16.5. The van der Waals surface area contributed by atoms with Crippen LogP contribution in [0.15, 0.2) is 0 Å². The second-order valence-corrected chi connectivity index (χ2v) is 3.87. The van der Waals surface area contributed by atoms with Crippen LogP contribution in [0.2, 0.25) is 0 Å². The third kappa shape index (κ3) is 1.40. The molecule has 1 unspecified atom stereocenters. The lowest BCUT2D eigenvalue weighted by molar-refractivity contribution is -0.0818. The molecule has 0 bridgehead atoms. The van der Waals surface area contributed by atoms with Crippen LogP contribution >= 0.6 is 0 Å². The summed E-state index contributed by atoms with van der Waals surface area (Å²) in [6.45, 7) is 2.79. The molecule has 13 heavy (non-hydrogen) atoms. The molecule has 1 aliphatic heterocycles. The molecule has 0 aromatic rings. The Balaban J connectivity index is 2.98. The quantitative estimate of drug-likeness (QED) is 0.465. The first kappa shape index (κ1) is 11.0. The molecule has 5 heteroatoms. The maximum Gasteiger partial charge on any atom is 0.117 e. The van der Waals surface area contributed by atoms with Gasteiger partial charge in [-0.2, -0.15) is 0 Å². The molecule has 1 rings (SSSR count). The lowest BCUT2D eigenvalue weighted by Crippen LogP contribution is -2.55. The van der Waals surface area contributed by atoms with Gasteiger partial charge in [0.2, 0.25) is 0 Å². The number of aliphatic hydroxyl groups excluding tert-OH is 2. The second-order valence-electron chi connectivity index (χ2n) is 3.87. The molecule has 0 aromatic carbocycles. The van der Waals surface area contributed by atoms with E-state index < -0.39 is 23.1 Å². The monoisotopic (exact) mass is 186 g/mol. The molecule has 0 spiro atoms. The Morgan fingerprint density at radius 2 is 2.23 bits per heavy atom. The van der Waals surface area contributed by atoms with Gasteiger partial charge < -0.3 is 20.1 Å². The van der Waals surface area contributed by atoms with Crippen LogP contribution in [0.3, 0.4) is 0 Å². The first-order chi connectivity index (χ1) is 5.86. The van der Waals surface area contributed by atoms with Gasteiger partial charge >= 0.3 is 0 Å². The van der Waals surface area contributed by atoms with E-state index >= 15 is 0 Å². The Morgan fingerprint density at radius 3 is 2.54 bits per heavy atom. The van der Waals surface area contributed by atoms with Crippen molar-refractivity contribution < 1.29 is 20.1 Å². The fourth-order valence-corrected chi connectivity index (χ4v) is 1.71. The Bertz CT molecular complexity index is 195. The number of hydrogen-bond donors (Lipinski definition) is 3. The summed E-state index contributed by atoms with van der Waals surface area (Å²) in [5, 5.41) is 28.3. The molecule has 1 heterocycles. The Kier molecular flexibility index (Phi) is 2.74. The van der Waals surface area contributed by atoms with E-state index in [2.05, 4.69) is 0 Å². The van der Waals surface area contributed by atoms with Crippen LogP contribution in [-0.2, 0) is 4.74 Å². The zero-order valence-electron chi connectivity index (χ0n) is 7.90. The van der Waals surface area contributed by atoms with E-state index in [1.165, 1.54) is 6.92 Å². The molecule has 0 saturated carbocycles. The molecule has 0 aromatic heterocycles. The maximum atomic E-state index is 9.77. The minimum absolute atomic E-state index is 0.0698. The fraction of sp³-hybridized carbons (Fsp3) is 1.00.